The lowest BCUT2D eigenvalue weighted by Crippen LogP contribution is -2.08. The van der Waals surface area contributed by atoms with E-state index in [1.165, 1.54) is 0 Å². The van der Waals surface area contributed by atoms with E-state index < -0.39 is 0 Å². The van der Waals surface area contributed by atoms with Crippen molar-refractivity contribution in [2.24, 2.45) is 0 Å². The van der Waals surface area contributed by atoms with Crippen LogP contribution in [0.25, 0.3) is 0 Å². The molecule has 10 heavy (non-hydrogen) atoms. The number of fused-ring (bicyclic) bond motifs is 1. The maximum Gasteiger partial charge on any atom is 0.0978 e. The zero-order chi connectivity index (χ0) is 6.97. The van der Waals surface area contributed by atoms with Gasteiger partial charge in [0.25, 0.3) is 0 Å². The fraction of sp³-hybridized carbons (Fsp3) is 0.571. The van der Waals surface area contributed by atoms with Crippen LogP contribution >= 0.6 is 0 Å². The molecule has 3 heteroatoms. The predicted octanol–water partition coefficient (Wildman–Crippen LogP) is 0.779. The number of hydrogen-bond acceptors (Lipinski definition) is 2. The molecule has 0 saturated carbocycles. The first-order chi connectivity index (χ1) is 4.88. The third-order valence-electron chi connectivity index (χ3n) is 1.97. The van der Waals surface area contributed by atoms with Gasteiger partial charge in [-0.1, -0.05) is 0 Å². The Kier molecular flexibility index (Phi) is 1.24. The van der Waals surface area contributed by atoms with E-state index in [1.807, 2.05) is 0 Å². The Bertz CT molecular complexity index is 231. The topological polar surface area (TPSA) is 48.9 Å². The molecule has 0 radical (unpaired) electrons. The Hall–Kier alpha value is -0.830. The summed E-state index contributed by atoms with van der Waals surface area (Å²) in [5.74, 6) is 0. The van der Waals surface area contributed by atoms with Gasteiger partial charge < -0.3 is 10.1 Å². The molecule has 1 aromatic heterocycles. The van der Waals surface area contributed by atoms with E-state index in [4.69, 9.17) is 0 Å². The number of aromatic nitrogens is 2. The van der Waals surface area contributed by atoms with Gasteiger partial charge in [-0.2, -0.15) is 0 Å². The predicted molar refractivity (Wildman–Crippen MR) is 36.5 cm³/mol. The molecular weight excluding hydrogens is 128 g/mol. The molecule has 2 N–H and O–H groups in total. The second-order valence-electron chi connectivity index (χ2n) is 2.67. The van der Waals surface area contributed by atoms with E-state index in [0.717, 1.165) is 30.7 Å². The SMILES string of the molecule is OC1CCCc2[nH]cnc21. The van der Waals surface area contributed by atoms with Gasteiger partial charge in [-0.05, 0) is 19.3 Å². The van der Waals surface area contributed by atoms with E-state index in [9.17, 15) is 5.11 Å². The van der Waals surface area contributed by atoms with E-state index in [-0.39, 0.29) is 6.10 Å². The van der Waals surface area contributed by atoms with Gasteiger partial charge in [-0.15, -0.1) is 0 Å². The number of nitrogens with one attached hydrogen (secondary N) is 1. The molecule has 0 aliphatic heterocycles. The Morgan fingerprint density at radius 1 is 1.70 bits per heavy atom. The van der Waals surface area contributed by atoms with Crippen LogP contribution in [0, 0.1) is 0 Å². The number of hydrogen-bond donors (Lipinski definition) is 2. The lowest BCUT2D eigenvalue weighted by atomic mass is 9.99. The lowest BCUT2D eigenvalue weighted by molar-refractivity contribution is 0.152. The highest BCUT2D eigenvalue weighted by Gasteiger charge is 2.19. The van der Waals surface area contributed by atoms with Crippen LogP contribution in [0.1, 0.15) is 30.3 Å². The molecule has 54 valence electrons. The van der Waals surface area contributed by atoms with Crippen LogP contribution in [0.3, 0.4) is 0 Å². The van der Waals surface area contributed by atoms with Crippen molar-refractivity contribution >= 4 is 0 Å². The molecule has 1 heterocycles. The quantitative estimate of drug-likeness (QED) is 0.556. The van der Waals surface area contributed by atoms with Crippen molar-refractivity contribution in [1.29, 1.82) is 0 Å². The lowest BCUT2D eigenvalue weighted by Gasteiger charge is -2.14. The third kappa shape index (κ3) is 0.743. The average molecular weight is 138 g/mol. The molecule has 1 atom stereocenters. The summed E-state index contributed by atoms with van der Waals surface area (Å²) < 4.78 is 0. The minimum Gasteiger partial charge on any atom is -0.387 e. The molecule has 1 aliphatic rings. The second kappa shape index (κ2) is 2.09. The summed E-state index contributed by atoms with van der Waals surface area (Å²) in [6.45, 7) is 0. The number of aryl methyl sites for hydroxylation is 1. The number of rotatable bonds is 0. The highest BCUT2D eigenvalue weighted by molar-refractivity contribution is 5.16. The van der Waals surface area contributed by atoms with Gasteiger partial charge in [-0.25, -0.2) is 4.98 Å². The van der Waals surface area contributed by atoms with Crippen molar-refractivity contribution in [2.45, 2.75) is 25.4 Å². The largest absolute Gasteiger partial charge is 0.387 e. The van der Waals surface area contributed by atoms with Crippen LogP contribution in [0.2, 0.25) is 0 Å². The van der Waals surface area contributed by atoms with Gasteiger partial charge in [0.05, 0.1) is 18.1 Å². The number of aliphatic hydroxyl groups excluding tert-OH is 1. The van der Waals surface area contributed by atoms with Crippen molar-refractivity contribution in [2.75, 3.05) is 0 Å². The van der Waals surface area contributed by atoms with Gasteiger partial charge in [0.2, 0.25) is 0 Å². The number of imidazole rings is 1. The van der Waals surface area contributed by atoms with Gasteiger partial charge in [0.1, 0.15) is 0 Å². The zero-order valence-corrected chi connectivity index (χ0v) is 5.67. The summed E-state index contributed by atoms with van der Waals surface area (Å²) in [7, 11) is 0. The van der Waals surface area contributed by atoms with Gasteiger partial charge in [0, 0.05) is 5.69 Å². The minimum atomic E-state index is -0.324. The molecule has 0 aromatic carbocycles. The molecule has 3 nitrogen and oxygen atoms in total. The van der Waals surface area contributed by atoms with Crippen molar-refractivity contribution in [3.63, 3.8) is 0 Å². The Morgan fingerprint density at radius 2 is 2.60 bits per heavy atom. The fourth-order valence-corrected chi connectivity index (χ4v) is 1.43. The molecule has 0 fully saturated rings. The summed E-state index contributed by atoms with van der Waals surface area (Å²) in [5, 5.41) is 9.37. The maximum absolute atomic E-state index is 9.37. The summed E-state index contributed by atoms with van der Waals surface area (Å²) in [6, 6.07) is 0. The first-order valence-corrected chi connectivity index (χ1v) is 3.58. The van der Waals surface area contributed by atoms with E-state index in [0.29, 0.717) is 0 Å². The molecule has 1 unspecified atom stereocenters. The highest BCUT2D eigenvalue weighted by Crippen LogP contribution is 2.25. The molecule has 1 aliphatic carbocycles. The van der Waals surface area contributed by atoms with Gasteiger partial charge >= 0.3 is 0 Å². The first-order valence-electron chi connectivity index (χ1n) is 3.58. The fourth-order valence-electron chi connectivity index (χ4n) is 1.43. The average Bonchev–Trinajstić information content (AvgIpc) is 2.36. The molecule has 0 bridgehead atoms. The summed E-state index contributed by atoms with van der Waals surface area (Å²) in [6.07, 6.45) is 4.29. The molecule has 2 rings (SSSR count). The Labute approximate surface area is 59.1 Å². The van der Waals surface area contributed by atoms with E-state index in [2.05, 4.69) is 9.97 Å². The zero-order valence-electron chi connectivity index (χ0n) is 5.67. The summed E-state index contributed by atoms with van der Waals surface area (Å²) >= 11 is 0. The van der Waals surface area contributed by atoms with Crippen molar-refractivity contribution in [3.05, 3.63) is 17.7 Å². The second-order valence-corrected chi connectivity index (χ2v) is 2.67. The van der Waals surface area contributed by atoms with Crippen LogP contribution in [-0.4, -0.2) is 15.1 Å². The Balaban J connectivity index is 2.41. The summed E-state index contributed by atoms with van der Waals surface area (Å²) in [5.41, 5.74) is 1.96. The standard InChI is InChI=1S/C7H10N2O/c10-6-3-1-2-5-7(6)9-4-8-5/h4,6,10H,1-3H2,(H,8,9). The summed E-state index contributed by atoms with van der Waals surface area (Å²) in [4.78, 5) is 7.05. The monoisotopic (exact) mass is 138 g/mol. The number of aromatic amines is 1. The molecule has 0 saturated heterocycles. The van der Waals surface area contributed by atoms with Crippen LogP contribution in [0.4, 0.5) is 0 Å². The van der Waals surface area contributed by atoms with Crippen LogP contribution in [0.15, 0.2) is 6.33 Å². The van der Waals surface area contributed by atoms with Gasteiger partial charge in [-0.3, -0.25) is 0 Å². The maximum atomic E-state index is 9.37. The smallest absolute Gasteiger partial charge is 0.0978 e. The normalized spacial score (nSPS) is 24.3. The number of aliphatic hydroxyl groups is 1. The molecular formula is C7H10N2O. The molecule has 0 amide bonds. The highest BCUT2D eigenvalue weighted by atomic mass is 16.3. The molecule has 0 spiro atoms. The van der Waals surface area contributed by atoms with Gasteiger partial charge in [0.15, 0.2) is 0 Å². The van der Waals surface area contributed by atoms with Crippen LogP contribution in [0.5, 0.6) is 0 Å². The number of nitrogens with zero attached hydrogens (tertiary/aromatic N) is 1. The minimum absolute atomic E-state index is 0.324. The Morgan fingerprint density at radius 3 is 3.40 bits per heavy atom. The third-order valence-corrected chi connectivity index (χ3v) is 1.97. The van der Waals surface area contributed by atoms with Crippen molar-refractivity contribution in [3.8, 4) is 0 Å². The van der Waals surface area contributed by atoms with Crippen LogP contribution < -0.4 is 0 Å². The molecule has 1 aromatic rings. The number of H-pyrrole nitrogens is 1. The van der Waals surface area contributed by atoms with E-state index >= 15 is 0 Å². The first kappa shape index (κ1) is 5.92. The van der Waals surface area contributed by atoms with Crippen molar-refractivity contribution in [1.82, 2.24) is 9.97 Å². The van der Waals surface area contributed by atoms with E-state index in [1.54, 1.807) is 6.33 Å². The van der Waals surface area contributed by atoms with Crippen molar-refractivity contribution < 1.29 is 5.11 Å². The van der Waals surface area contributed by atoms with Crippen LogP contribution in [-0.2, 0) is 6.42 Å².